The molecule has 0 fully saturated rings. The maximum Gasteiger partial charge on any atom is 0.263 e. The Morgan fingerprint density at radius 1 is 0.963 bits per heavy atom. The molecule has 0 saturated heterocycles. The number of carbonyl (C=O) groups excluding carboxylic acids is 1. The highest BCUT2D eigenvalue weighted by Gasteiger charge is 2.19. The quantitative estimate of drug-likeness (QED) is 0.607. The molecule has 2 aromatic carbocycles. The molecule has 1 aromatic heterocycles. The standard InChI is InChI=1S/C20H18ClNO3S2/c1-22(2)20(23)18-12-17(13-6-10-16(11-7-13)27(3,24)25)19(26-18)14-4-8-15(21)9-5-14/h4-12H,1-3H3. The second-order valence-electron chi connectivity index (χ2n) is 6.36. The van der Waals surface area contributed by atoms with Gasteiger partial charge in [-0.05, 0) is 41.5 Å². The number of thiophene rings is 1. The van der Waals surface area contributed by atoms with Crippen LogP contribution in [-0.4, -0.2) is 39.6 Å². The summed E-state index contributed by atoms with van der Waals surface area (Å²) < 4.78 is 23.4. The van der Waals surface area contributed by atoms with Gasteiger partial charge in [-0.25, -0.2) is 8.42 Å². The summed E-state index contributed by atoms with van der Waals surface area (Å²) in [5.74, 6) is -0.0748. The summed E-state index contributed by atoms with van der Waals surface area (Å²) >= 11 is 7.41. The number of nitrogens with zero attached hydrogens (tertiary/aromatic N) is 1. The lowest BCUT2D eigenvalue weighted by atomic mass is 10.0. The molecule has 3 aromatic rings. The zero-order valence-electron chi connectivity index (χ0n) is 15.1. The molecule has 1 amide bonds. The number of hydrogen-bond acceptors (Lipinski definition) is 4. The maximum absolute atomic E-state index is 12.4. The number of amides is 1. The molecule has 0 radical (unpaired) electrons. The number of rotatable bonds is 4. The van der Waals surface area contributed by atoms with Crippen LogP contribution < -0.4 is 0 Å². The third kappa shape index (κ3) is 4.24. The van der Waals surface area contributed by atoms with Crippen LogP contribution in [0.1, 0.15) is 9.67 Å². The Morgan fingerprint density at radius 3 is 2.04 bits per heavy atom. The lowest BCUT2D eigenvalue weighted by Crippen LogP contribution is -2.20. The number of hydrogen-bond donors (Lipinski definition) is 0. The summed E-state index contributed by atoms with van der Waals surface area (Å²) in [4.78, 5) is 15.8. The summed E-state index contributed by atoms with van der Waals surface area (Å²) in [5.41, 5.74) is 2.68. The monoisotopic (exact) mass is 419 g/mol. The Hall–Kier alpha value is -2.15. The van der Waals surface area contributed by atoms with E-state index in [1.165, 1.54) is 22.5 Å². The van der Waals surface area contributed by atoms with Crippen LogP contribution in [0.4, 0.5) is 0 Å². The molecule has 140 valence electrons. The Bertz CT molecular complexity index is 1080. The van der Waals surface area contributed by atoms with E-state index in [2.05, 4.69) is 0 Å². The average molecular weight is 420 g/mol. The van der Waals surface area contributed by atoms with Gasteiger partial charge in [0, 0.05) is 35.8 Å². The van der Waals surface area contributed by atoms with Crippen LogP contribution in [0, 0.1) is 0 Å². The third-order valence-corrected chi connectivity index (χ3v) is 6.60. The Kier molecular flexibility index (Phi) is 5.42. The molecular formula is C20H18ClNO3S2. The summed E-state index contributed by atoms with van der Waals surface area (Å²) in [6, 6.07) is 16.0. The van der Waals surface area contributed by atoms with Crippen molar-refractivity contribution < 1.29 is 13.2 Å². The van der Waals surface area contributed by atoms with E-state index in [4.69, 9.17) is 11.6 Å². The molecule has 0 N–H and O–H groups in total. The largest absolute Gasteiger partial charge is 0.344 e. The maximum atomic E-state index is 12.4. The van der Waals surface area contributed by atoms with Gasteiger partial charge in [0.15, 0.2) is 9.84 Å². The molecule has 27 heavy (non-hydrogen) atoms. The van der Waals surface area contributed by atoms with Crippen molar-refractivity contribution in [2.45, 2.75) is 4.90 Å². The van der Waals surface area contributed by atoms with E-state index >= 15 is 0 Å². The van der Waals surface area contributed by atoms with Gasteiger partial charge < -0.3 is 4.90 Å². The zero-order chi connectivity index (χ0) is 19.8. The summed E-state index contributed by atoms with van der Waals surface area (Å²) in [6.07, 6.45) is 1.18. The van der Waals surface area contributed by atoms with Gasteiger partial charge in [0.25, 0.3) is 5.91 Å². The van der Waals surface area contributed by atoms with Gasteiger partial charge in [0.2, 0.25) is 0 Å². The molecule has 0 bridgehead atoms. The van der Waals surface area contributed by atoms with Crippen molar-refractivity contribution in [2.75, 3.05) is 20.4 Å². The molecule has 1 heterocycles. The highest BCUT2D eigenvalue weighted by atomic mass is 35.5. The smallest absolute Gasteiger partial charge is 0.263 e. The fraction of sp³-hybridized carbons (Fsp3) is 0.150. The first-order chi connectivity index (χ1) is 12.7. The molecule has 0 saturated carbocycles. The third-order valence-electron chi connectivity index (χ3n) is 4.05. The predicted octanol–water partition coefficient (Wildman–Crippen LogP) is 4.84. The van der Waals surface area contributed by atoms with Crippen LogP contribution in [0.15, 0.2) is 59.5 Å². The van der Waals surface area contributed by atoms with E-state index in [1.54, 1.807) is 50.5 Å². The van der Waals surface area contributed by atoms with Crippen LogP contribution in [-0.2, 0) is 9.84 Å². The SMILES string of the molecule is CN(C)C(=O)c1cc(-c2ccc(S(C)(=O)=O)cc2)c(-c2ccc(Cl)cc2)s1. The normalized spacial score (nSPS) is 11.4. The molecular weight excluding hydrogens is 402 g/mol. The lowest BCUT2D eigenvalue weighted by Gasteiger charge is -2.07. The van der Waals surface area contributed by atoms with Crippen LogP contribution in [0.2, 0.25) is 5.02 Å². The number of sulfone groups is 1. The van der Waals surface area contributed by atoms with Crippen molar-refractivity contribution >= 4 is 38.7 Å². The zero-order valence-corrected chi connectivity index (χ0v) is 17.5. The predicted molar refractivity (Wildman–Crippen MR) is 111 cm³/mol. The molecule has 0 atom stereocenters. The summed E-state index contributed by atoms with van der Waals surface area (Å²) in [7, 11) is 0.165. The van der Waals surface area contributed by atoms with E-state index in [9.17, 15) is 13.2 Å². The molecule has 0 spiro atoms. The summed E-state index contributed by atoms with van der Waals surface area (Å²) in [5, 5.41) is 0.638. The Morgan fingerprint density at radius 2 is 1.52 bits per heavy atom. The molecule has 4 nitrogen and oxygen atoms in total. The van der Waals surface area contributed by atoms with Gasteiger partial charge in [-0.15, -0.1) is 11.3 Å². The van der Waals surface area contributed by atoms with Gasteiger partial charge in [-0.3, -0.25) is 4.79 Å². The minimum Gasteiger partial charge on any atom is -0.344 e. The fourth-order valence-electron chi connectivity index (χ4n) is 2.63. The van der Waals surface area contributed by atoms with Gasteiger partial charge in [0.05, 0.1) is 9.77 Å². The molecule has 0 aliphatic carbocycles. The van der Waals surface area contributed by atoms with Gasteiger partial charge >= 0.3 is 0 Å². The first kappa shape index (κ1) is 19.6. The lowest BCUT2D eigenvalue weighted by molar-refractivity contribution is 0.0832. The van der Waals surface area contributed by atoms with E-state index in [-0.39, 0.29) is 10.8 Å². The minimum absolute atomic E-state index is 0.0748. The van der Waals surface area contributed by atoms with Crippen molar-refractivity contribution in [1.82, 2.24) is 4.90 Å². The first-order valence-electron chi connectivity index (χ1n) is 8.09. The van der Waals surface area contributed by atoms with Crippen LogP contribution in [0.25, 0.3) is 21.6 Å². The van der Waals surface area contributed by atoms with E-state index in [0.717, 1.165) is 21.6 Å². The number of carbonyl (C=O) groups is 1. The molecule has 3 rings (SSSR count). The van der Waals surface area contributed by atoms with Crippen molar-refractivity contribution in [1.29, 1.82) is 0 Å². The van der Waals surface area contributed by atoms with Crippen LogP contribution >= 0.6 is 22.9 Å². The van der Waals surface area contributed by atoms with Crippen molar-refractivity contribution in [2.24, 2.45) is 0 Å². The highest BCUT2D eigenvalue weighted by Crippen LogP contribution is 2.40. The fourth-order valence-corrected chi connectivity index (χ4v) is 4.59. The highest BCUT2D eigenvalue weighted by molar-refractivity contribution is 7.90. The molecule has 0 aliphatic rings. The van der Waals surface area contributed by atoms with Gasteiger partial charge in [0.1, 0.15) is 0 Å². The van der Waals surface area contributed by atoms with Gasteiger partial charge in [-0.1, -0.05) is 35.9 Å². The summed E-state index contributed by atoms with van der Waals surface area (Å²) in [6.45, 7) is 0. The average Bonchev–Trinajstić information content (AvgIpc) is 3.06. The molecule has 0 unspecified atom stereocenters. The number of benzene rings is 2. The number of halogens is 1. The molecule has 7 heteroatoms. The van der Waals surface area contributed by atoms with E-state index < -0.39 is 9.84 Å². The molecule has 0 aliphatic heterocycles. The van der Waals surface area contributed by atoms with E-state index in [0.29, 0.717) is 9.90 Å². The van der Waals surface area contributed by atoms with Crippen molar-refractivity contribution in [3.05, 3.63) is 64.5 Å². The second-order valence-corrected chi connectivity index (χ2v) is 9.86. The van der Waals surface area contributed by atoms with E-state index in [1.807, 2.05) is 18.2 Å². The van der Waals surface area contributed by atoms with Crippen LogP contribution in [0.3, 0.4) is 0 Å². The van der Waals surface area contributed by atoms with Crippen LogP contribution in [0.5, 0.6) is 0 Å². The second kappa shape index (κ2) is 7.46. The Labute approximate surface area is 167 Å². The van der Waals surface area contributed by atoms with Crippen molar-refractivity contribution in [3.63, 3.8) is 0 Å². The van der Waals surface area contributed by atoms with Gasteiger partial charge in [-0.2, -0.15) is 0 Å². The minimum atomic E-state index is -3.26. The Balaban J connectivity index is 2.15. The topological polar surface area (TPSA) is 54.5 Å². The first-order valence-corrected chi connectivity index (χ1v) is 11.2. The van der Waals surface area contributed by atoms with Crippen molar-refractivity contribution in [3.8, 4) is 21.6 Å².